The van der Waals surface area contributed by atoms with Crippen LogP contribution in [0.25, 0.3) is 0 Å². The van der Waals surface area contributed by atoms with Gasteiger partial charge in [-0.15, -0.1) is 0 Å². The summed E-state index contributed by atoms with van der Waals surface area (Å²) in [6.45, 7) is -1.25. The summed E-state index contributed by atoms with van der Waals surface area (Å²) in [6.07, 6.45) is 0. The maximum absolute atomic E-state index is 12.7. The van der Waals surface area contributed by atoms with Crippen LogP contribution >= 0.6 is 23.2 Å². The van der Waals surface area contributed by atoms with E-state index < -0.39 is 41.8 Å². The molecule has 0 aliphatic carbocycles. The van der Waals surface area contributed by atoms with Gasteiger partial charge in [0, 0.05) is 12.1 Å². The Morgan fingerprint density at radius 1 is 1.03 bits per heavy atom. The number of aromatic nitrogens is 2. The summed E-state index contributed by atoms with van der Waals surface area (Å²) in [5.74, 6) is -1.83. The number of carbonyl (C=O) groups is 2. The van der Waals surface area contributed by atoms with Crippen molar-refractivity contribution in [2.24, 2.45) is 7.05 Å². The molecule has 0 spiro atoms. The number of rotatable bonds is 8. The summed E-state index contributed by atoms with van der Waals surface area (Å²) in [5.41, 5.74) is 4.75. The van der Waals surface area contributed by atoms with Crippen molar-refractivity contribution in [1.29, 1.82) is 0 Å². The van der Waals surface area contributed by atoms with Gasteiger partial charge in [0.2, 0.25) is 5.78 Å². The number of anilines is 1. The summed E-state index contributed by atoms with van der Waals surface area (Å²) >= 11 is 11.8. The third-order valence-electron chi connectivity index (χ3n) is 4.65. The van der Waals surface area contributed by atoms with Crippen LogP contribution in [0.2, 0.25) is 10.0 Å². The summed E-state index contributed by atoms with van der Waals surface area (Å²) < 4.78 is 12.0. The van der Waals surface area contributed by atoms with Crippen LogP contribution in [-0.4, -0.2) is 34.1 Å². The first-order chi connectivity index (χ1) is 15.7. The number of esters is 1. The number of carbonyl (C=O) groups excluding carboxylic acids is 2. The Hall–Kier alpha value is -3.56. The van der Waals surface area contributed by atoms with Crippen LogP contribution in [0.4, 0.5) is 5.82 Å². The smallest absolute Gasteiger partial charge is 0.344 e. The predicted octanol–water partition coefficient (Wildman–Crippen LogP) is 2.29. The lowest BCUT2D eigenvalue weighted by atomic mass is 10.2. The monoisotopic (exact) mass is 491 g/mol. The molecule has 1 aromatic heterocycles. The molecule has 2 aromatic carbocycles. The van der Waals surface area contributed by atoms with Gasteiger partial charge in [-0.25, -0.2) is 9.59 Å². The minimum Gasteiger partial charge on any atom is -0.480 e. The van der Waals surface area contributed by atoms with Crippen LogP contribution in [0.15, 0.2) is 58.1 Å². The van der Waals surface area contributed by atoms with E-state index in [2.05, 4.69) is 0 Å². The zero-order chi connectivity index (χ0) is 24.1. The van der Waals surface area contributed by atoms with Crippen LogP contribution in [0.5, 0.6) is 5.75 Å². The van der Waals surface area contributed by atoms with Crippen LogP contribution in [0.1, 0.15) is 15.9 Å². The third-order valence-corrected chi connectivity index (χ3v) is 5.18. The first kappa shape index (κ1) is 24.1. The highest BCUT2D eigenvalue weighted by molar-refractivity contribution is 6.35. The predicted molar refractivity (Wildman–Crippen MR) is 123 cm³/mol. The number of ketones is 1. The molecule has 0 amide bonds. The van der Waals surface area contributed by atoms with Crippen molar-refractivity contribution in [3.05, 3.63) is 90.5 Å². The highest BCUT2D eigenvalue weighted by atomic mass is 35.5. The minimum atomic E-state index is -0.882. The first-order valence-corrected chi connectivity index (χ1v) is 10.3. The van der Waals surface area contributed by atoms with Gasteiger partial charge in [0.25, 0.3) is 5.56 Å². The van der Waals surface area contributed by atoms with E-state index in [-0.39, 0.29) is 23.1 Å². The molecule has 2 N–H and O–H groups in total. The number of nitrogens with zero attached hydrogens (tertiary/aromatic N) is 2. The molecular weight excluding hydrogens is 473 g/mol. The molecule has 3 rings (SSSR count). The van der Waals surface area contributed by atoms with Gasteiger partial charge in [-0.3, -0.25) is 18.7 Å². The molecule has 0 bridgehead atoms. The van der Waals surface area contributed by atoms with Crippen molar-refractivity contribution in [1.82, 2.24) is 9.13 Å². The average Bonchev–Trinajstić information content (AvgIpc) is 2.79. The lowest BCUT2D eigenvalue weighted by Gasteiger charge is -2.15. The molecule has 1 heterocycles. The Morgan fingerprint density at radius 2 is 1.73 bits per heavy atom. The van der Waals surface area contributed by atoms with Crippen molar-refractivity contribution in [2.75, 3.05) is 18.9 Å². The van der Waals surface area contributed by atoms with Crippen LogP contribution < -0.4 is 21.7 Å². The van der Waals surface area contributed by atoms with E-state index >= 15 is 0 Å². The molecule has 0 aliphatic heterocycles. The number of hydrogen-bond donors (Lipinski definition) is 1. The third kappa shape index (κ3) is 5.63. The zero-order valence-electron chi connectivity index (χ0n) is 17.4. The van der Waals surface area contributed by atoms with E-state index in [1.165, 1.54) is 25.2 Å². The number of Topliss-reactive ketones (excluding diaryl/α,β-unsaturated/α-hetero) is 1. The minimum absolute atomic E-state index is 0.0510. The van der Waals surface area contributed by atoms with Crippen molar-refractivity contribution < 1.29 is 19.1 Å². The molecule has 0 fully saturated rings. The maximum atomic E-state index is 12.7. The second-order valence-corrected chi connectivity index (χ2v) is 7.77. The Balaban J connectivity index is 1.73. The van der Waals surface area contributed by atoms with E-state index in [4.69, 9.17) is 38.4 Å². The average molecular weight is 492 g/mol. The largest absolute Gasteiger partial charge is 0.480 e. The molecule has 0 radical (unpaired) electrons. The second-order valence-electron chi connectivity index (χ2n) is 6.93. The lowest BCUT2D eigenvalue weighted by molar-refractivity contribution is -0.144. The van der Waals surface area contributed by atoms with E-state index in [1.54, 1.807) is 24.3 Å². The van der Waals surface area contributed by atoms with Gasteiger partial charge in [0.05, 0.1) is 11.6 Å². The van der Waals surface area contributed by atoms with Gasteiger partial charge < -0.3 is 15.2 Å². The number of halogens is 2. The molecule has 33 heavy (non-hydrogen) atoms. The van der Waals surface area contributed by atoms with Crippen LogP contribution in [0, 0.1) is 0 Å². The van der Waals surface area contributed by atoms with Gasteiger partial charge in [-0.05, 0) is 23.8 Å². The maximum Gasteiger partial charge on any atom is 0.344 e. The van der Waals surface area contributed by atoms with E-state index in [0.29, 0.717) is 5.02 Å². The normalized spacial score (nSPS) is 10.6. The lowest BCUT2D eigenvalue weighted by Crippen LogP contribution is -2.43. The quantitative estimate of drug-likeness (QED) is 0.378. The van der Waals surface area contributed by atoms with E-state index in [1.807, 2.05) is 6.07 Å². The number of benzene rings is 2. The topological polar surface area (TPSA) is 123 Å². The number of hydrogen-bond acceptors (Lipinski definition) is 7. The SMILES string of the molecule is Cn1c(=O)c(C(=O)COC(=O)COc2ccc(Cl)cc2Cl)c(N)n(Cc2ccccc2)c1=O. The Bertz CT molecular complexity index is 1320. The van der Waals surface area contributed by atoms with Crippen molar-refractivity contribution >= 4 is 40.8 Å². The van der Waals surface area contributed by atoms with Gasteiger partial charge >= 0.3 is 11.7 Å². The highest BCUT2D eigenvalue weighted by Crippen LogP contribution is 2.27. The van der Waals surface area contributed by atoms with Gasteiger partial charge in [-0.2, -0.15) is 0 Å². The van der Waals surface area contributed by atoms with Gasteiger partial charge in [-0.1, -0.05) is 53.5 Å². The molecule has 0 atom stereocenters. The fraction of sp³-hybridized carbons (Fsp3) is 0.182. The molecule has 9 nitrogen and oxygen atoms in total. The molecule has 11 heteroatoms. The summed E-state index contributed by atoms with van der Waals surface area (Å²) in [4.78, 5) is 49.7. The number of nitrogens with two attached hydrogens (primary N) is 1. The molecular formula is C22H19Cl2N3O6. The van der Waals surface area contributed by atoms with Gasteiger partial charge in [0.1, 0.15) is 17.1 Å². The molecule has 0 saturated heterocycles. The van der Waals surface area contributed by atoms with E-state index in [0.717, 1.165) is 14.7 Å². The number of nitrogen functional groups attached to an aromatic ring is 1. The Kier molecular flexibility index (Phi) is 7.57. The van der Waals surface area contributed by atoms with Crippen molar-refractivity contribution in [3.63, 3.8) is 0 Å². The molecule has 3 aromatic rings. The summed E-state index contributed by atoms with van der Waals surface area (Å²) in [6, 6.07) is 13.4. The number of ether oxygens (including phenoxy) is 2. The standard InChI is InChI=1S/C22H19Cl2N3O6/c1-26-21(30)19(20(25)27(22(26)31)10-13-5-3-2-4-6-13)16(28)11-33-18(29)12-32-17-8-7-14(23)9-15(17)24/h2-9H,10-12,25H2,1H3. The van der Waals surface area contributed by atoms with Crippen LogP contribution in [0.3, 0.4) is 0 Å². The fourth-order valence-corrected chi connectivity index (χ4v) is 3.42. The summed E-state index contributed by atoms with van der Waals surface area (Å²) in [7, 11) is 1.23. The van der Waals surface area contributed by atoms with Crippen LogP contribution in [-0.2, 0) is 23.1 Å². The molecule has 0 unspecified atom stereocenters. The molecule has 172 valence electrons. The Morgan fingerprint density at radius 3 is 2.39 bits per heavy atom. The second kappa shape index (κ2) is 10.4. The molecule has 0 saturated carbocycles. The van der Waals surface area contributed by atoms with Gasteiger partial charge in [0.15, 0.2) is 13.2 Å². The van der Waals surface area contributed by atoms with E-state index in [9.17, 15) is 19.2 Å². The first-order valence-electron chi connectivity index (χ1n) is 9.59. The summed E-state index contributed by atoms with van der Waals surface area (Å²) in [5, 5.41) is 0.594. The van der Waals surface area contributed by atoms with Crippen molar-refractivity contribution in [2.45, 2.75) is 6.54 Å². The molecule has 0 aliphatic rings. The Labute approximate surface area is 197 Å². The van der Waals surface area contributed by atoms with Crippen molar-refractivity contribution in [3.8, 4) is 5.75 Å². The fourth-order valence-electron chi connectivity index (χ4n) is 2.95. The highest BCUT2D eigenvalue weighted by Gasteiger charge is 2.23. The zero-order valence-corrected chi connectivity index (χ0v) is 18.9.